The van der Waals surface area contributed by atoms with Gasteiger partial charge in [0.15, 0.2) is 0 Å². The van der Waals surface area contributed by atoms with E-state index in [0.29, 0.717) is 5.56 Å². The van der Waals surface area contributed by atoms with Gasteiger partial charge in [0.1, 0.15) is 0 Å². The number of hydrogen-bond acceptors (Lipinski definition) is 1. The molecular weight excluding hydrogens is 267 g/mol. The van der Waals surface area contributed by atoms with Crippen molar-refractivity contribution >= 4 is 5.91 Å². The fourth-order valence-electron chi connectivity index (χ4n) is 1.56. The first kappa shape index (κ1) is 16.0. The summed E-state index contributed by atoms with van der Waals surface area (Å²) in [4.78, 5) is 11.5. The molecule has 1 atom stereocenters. The lowest BCUT2D eigenvalue weighted by Gasteiger charge is -2.14. The predicted molar refractivity (Wildman–Crippen MR) is 72.0 cm³/mol. The molecule has 0 aliphatic rings. The van der Waals surface area contributed by atoms with Gasteiger partial charge < -0.3 is 5.32 Å². The second-order valence-corrected chi connectivity index (χ2v) is 4.23. The molecule has 2 nitrogen and oxygen atoms in total. The lowest BCUT2D eigenvalue weighted by Crippen LogP contribution is -2.24. The Morgan fingerprint density at radius 2 is 1.80 bits per heavy atom. The van der Waals surface area contributed by atoms with Gasteiger partial charge in [-0.1, -0.05) is 30.4 Å². The SMILES string of the molecule is CC=CC=CC(=O)NC(C)c1ccc(C(F)(F)F)cc1. The van der Waals surface area contributed by atoms with E-state index in [1.54, 1.807) is 25.2 Å². The molecule has 0 aliphatic carbocycles. The van der Waals surface area contributed by atoms with Gasteiger partial charge in [-0.3, -0.25) is 4.79 Å². The first-order valence-electron chi connectivity index (χ1n) is 6.11. The van der Waals surface area contributed by atoms with Gasteiger partial charge in [-0.15, -0.1) is 0 Å². The van der Waals surface area contributed by atoms with Crippen molar-refractivity contribution in [1.82, 2.24) is 5.32 Å². The van der Waals surface area contributed by atoms with E-state index >= 15 is 0 Å². The van der Waals surface area contributed by atoms with Crippen LogP contribution in [0, 0.1) is 0 Å². The zero-order valence-electron chi connectivity index (χ0n) is 11.2. The Morgan fingerprint density at radius 1 is 1.20 bits per heavy atom. The second kappa shape index (κ2) is 6.93. The van der Waals surface area contributed by atoms with Crippen LogP contribution in [0.15, 0.2) is 48.6 Å². The smallest absolute Gasteiger partial charge is 0.346 e. The number of halogens is 3. The van der Waals surface area contributed by atoms with E-state index in [1.807, 2.05) is 6.92 Å². The monoisotopic (exact) mass is 283 g/mol. The third-order valence-electron chi connectivity index (χ3n) is 2.65. The van der Waals surface area contributed by atoms with Gasteiger partial charge in [0.25, 0.3) is 0 Å². The predicted octanol–water partition coefficient (Wildman–Crippen LogP) is 4.01. The molecule has 0 bridgehead atoms. The molecule has 1 aromatic carbocycles. The van der Waals surface area contributed by atoms with Crippen LogP contribution in [0.4, 0.5) is 13.2 Å². The Hall–Kier alpha value is -2.04. The van der Waals surface area contributed by atoms with E-state index < -0.39 is 11.7 Å². The largest absolute Gasteiger partial charge is 0.416 e. The Labute approximate surface area is 116 Å². The molecule has 0 radical (unpaired) electrons. The molecule has 108 valence electrons. The highest BCUT2D eigenvalue weighted by atomic mass is 19.4. The molecule has 0 saturated heterocycles. The maximum Gasteiger partial charge on any atom is 0.416 e. The number of alkyl halides is 3. The van der Waals surface area contributed by atoms with Crippen molar-refractivity contribution < 1.29 is 18.0 Å². The molecule has 1 rings (SSSR count). The molecule has 0 aliphatic heterocycles. The Bertz CT molecular complexity index is 501. The van der Waals surface area contributed by atoms with Crippen molar-refractivity contribution in [3.63, 3.8) is 0 Å². The lowest BCUT2D eigenvalue weighted by molar-refractivity contribution is -0.137. The summed E-state index contributed by atoms with van der Waals surface area (Å²) in [6.07, 6.45) is 2.10. The van der Waals surface area contributed by atoms with Gasteiger partial charge in [-0.05, 0) is 31.5 Å². The maximum atomic E-state index is 12.4. The van der Waals surface area contributed by atoms with Crippen LogP contribution in [0.1, 0.15) is 31.0 Å². The topological polar surface area (TPSA) is 29.1 Å². The van der Waals surface area contributed by atoms with Crippen molar-refractivity contribution in [3.8, 4) is 0 Å². The van der Waals surface area contributed by atoms with Crippen molar-refractivity contribution in [3.05, 3.63) is 59.7 Å². The molecule has 0 saturated carbocycles. The quantitative estimate of drug-likeness (QED) is 0.656. The van der Waals surface area contributed by atoms with Crippen LogP contribution in [0.25, 0.3) is 0 Å². The second-order valence-electron chi connectivity index (χ2n) is 4.23. The molecule has 0 spiro atoms. The van der Waals surface area contributed by atoms with Gasteiger partial charge in [0.05, 0.1) is 11.6 Å². The molecule has 0 fully saturated rings. The molecule has 20 heavy (non-hydrogen) atoms. The van der Waals surface area contributed by atoms with Crippen molar-refractivity contribution in [1.29, 1.82) is 0 Å². The van der Waals surface area contributed by atoms with E-state index in [0.717, 1.165) is 12.1 Å². The van der Waals surface area contributed by atoms with Crippen LogP contribution in [0.3, 0.4) is 0 Å². The van der Waals surface area contributed by atoms with E-state index in [-0.39, 0.29) is 11.9 Å². The van der Waals surface area contributed by atoms with E-state index in [2.05, 4.69) is 5.32 Å². The number of amides is 1. The van der Waals surface area contributed by atoms with Crippen molar-refractivity contribution in [2.45, 2.75) is 26.1 Å². The summed E-state index contributed by atoms with van der Waals surface area (Å²) >= 11 is 0. The van der Waals surface area contributed by atoms with Crippen molar-refractivity contribution in [2.75, 3.05) is 0 Å². The lowest BCUT2D eigenvalue weighted by atomic mass is 10.1. The zero-order valence-corrected chi connectivity index (χ0v) is 11.2. The highest BCUT2D eigenvalue weighted by molar-refractivity contribution is 5.88. The average molecular weight is 283 g/mol. The van der Waals surface area contributed by atoms with Crippen LogP contribution in [-0.2, 0) is 11.0 Å². The normalized spacial score (nSPS) is 13.8. The average Bonchev–Trinajstić information content (AvgIpc) is 2.38. The summed E-state index contributed by atoms with van der Waals surface area (Å²) in [5, 5.41) is 2.67. The Balaban J connectivity index is 2.69. The van der Waals surface area contributed by atoms with Gasteiger partial charge in [0, 0.05) is 6.08 Å². The molecule has 1 aromatic rings. The highest BCUT2D eigenvalue weighted by Crippen LogP contribution is 2.29. The van der Waals surface area contributed by atoms with E-state index in [1.165, 1.54) is 18.2 Å². The number of allylic oxidation sites excluding steroid dienone is 3. The van der Waals surface area contributed by atoms with Crippen LogP contribution in [-0.4, -0.2) is 5.91 Å². The number of rotatable bonds is 4. The number of carbonyl (C=O) groups is 1. The standard InChI is InChI=1S/C15H16F3NO/c1-3-4-5-6-14(20)19-11(2)12-7-9-13(10-8-12)15(16,17)18/h3-11H,1-2H3,(H,19,20). The minimum Gasteiger partial charge on any atom is -0.346 e. The Kier molecular flexibility index (Phi) is 5.55. The number of carbonyl (C=O) groups excluding carboxylic acids is 1. The zero-order chi connectivity index (χ0) is 15.2. The van der Waals surface area contributed by atoms with Gasteiger partial charge in [-0.25, -0.2) is 0 Å². The summed E-state index contributed by atoms with van der Waals surface area (Å²) in [6, 6.07) is 4.38. The van der Waals surface area contributed by atoms with Gasteiger partial charge >= 0.3 is 6.18 Å². The molecule has 0 aromatic heterocycles. The number of benzene rings is 1. The van der Waals surface area contributed by atoms with Crippen LogP contribution >= 0.6 is 0 Å². The van der Waals surface area contributed by atoms with Crippen LogP contribution in [0.2, 0.25) is 0 Å². The highest BCUT2D eigenvalue weighted by Gasteiger charge is 2.30. The minimum atomic E-state index is -4.35. The first-order valence-corrected chi connectivity index (χ1v) is 6.11. The Morgan fingerprint density at radius 3 is 2.30 bits per heavy atom. The molecule has 5 heteroatoms. The summed E-state index contributed by atoms with van der Waals surface area (Å²) in [5.74, 6) is -0.296. The molecule has 1 N–H and O–H groups in total. The third-order valence-corrected chi connectivity index (χ3v) is 2.65. The third kappa shape index (κ3) is 4.91. The molecule has 1 unspecified atom stereocenters. The summed E-state index contributed by atoms with van der Waals surface area (Å²) < 4.78 is 37.3. The van der Waals surface area contributed by atoms with E-state index in [4.69, 9.17) is 0 Å². The molecule has 0 heterocycles. The summed E-state index contributed by atoms with van der Waals surface area (Å²) in [6.45, 7) is 3.54. The minimum absolute atomic E-state index is 0.296. The van der Waals surface area contributed by atoms with Crippen LogP contribution < -0.4 is 5.32 Å². The number of nitrogens with one attached hydrogen (secondary N) is 1. The van der Waals surface area contributed by atoms with Gasteiger partial charge in [-0.2, -0.15) is 13.2 Å². The van der Waals surface area contributed by atoms with Crippen molar-refractivity contribution in [2.24, 2.45) is 0 Å². The summed E-state index contributed by atoms with van der Waals surface area (Å²) in [7, 11) is 0. The molecular formula is C15H16F3NO. The summed E-state index contributed by atoms with van der Waals surface area (Å²) in [5.41, 5.74) is -0.0847. The van der Waals surface area contributed by atoms with E-state index in [9.17, 15) is 18.0 Å². The van der Waals surface area contributed by atoms with Gasteiger partial charge in [0.2, 0.25) is 5.91 Å². The fourth-order valence-corrected chi connectivity index (χ4v) is 1.56. The van der Waals surface area contributed by atoms with Crippen LogP contribution in [0.5, 0.6) is 0 Å². The first-order chi connectivity index (χ1) is 9.34. The molecule has 1 amide bonds. The maximum absolute atomic E-state index is 12.4. The fraction of sp³-hybridized carbons (Fsp3) is 0.267. The number of hydrogen-bond donors (Lipinski definition) is 1.